The molecule has 7 nitrogen and oxygen atoms in total. The summed E-state index contributed by atoms with van der Waals surface area (Å²) >= 11 is 7.17. The van der Waals surface area contributed by atoms with Crippen molar-refractivity contribution in [3.63, 3.8) is 0 Å². The highest BCUT2D eigenvalue weighted by Crippen LogP contribution is 2.18. The fourth-order valence-corrected chi connectivity index (χ4v) is 2.93. The van der Waals surface area contributed by atoms with Gasteiger partial charge in [-0.3, -0.25) is 9.59 Å². The van der Waals surface area contributed by atoms with Crippen LogP contribution in [0.15, 0.2) is 35.8 Å². The largest absolute Gasteiger partial charge is 0.451 e. The van der Waals surface area contributed by atoms with Crippen LogP contribution in [0.3, 0.4) is 0 Å². The van der Waals surface area contributed by atoms with Crippen LogP contribution in [-0.2, 0) is 14.3 Å². The highest BCUT2D eigenvalue weighted by atomic mass is 35.5. The first-order valence-corrected chi connectivity index (χ1v) is 9.51. The Morgan fingerprint density at radius 3 is 2.52 bits per heavy atom. The van der Waals surface area contributed by atoms with Crippen molar-refractivity contribution in [1.29, 1.82) is 0 Å². The second-order valence-corrected chi connectivity index (χ2v) is 7.39. The Bertz CT molecular complexity index is 811. The summed E-state index contributed by atoms with van der Waals surface area (Å²) in [6, 6.07) is 5.73. The maximum absolute atomic E-state index is 12.5. The third kappa shape index (κ3) is 5.77. The van der Waals surface area contributed by atoms with Gasteiger partial charge in [0.05, 0.1) is 10.6 Å². The minimum atomic E-state index is -1.08. The number of aromatic nitrogens is 1. The number of carbonyl (C=O) groups excluding carboxylic acids is 3. The summed E-state index contributed by atoms with van der Waals surface area (Å²) in [7, 11) is 0. The number of esters is 1. The number of pyridine rings is 1. The number of nitrogens with one attached hydrogen (secondary N) is 2. The fourth-order valence-electron chi connectivity index (χ4n) is 2.13. The lowest BCUT2D eigenvalue weighted by Gasteiger charge is -2.22. The highest BCUT2D eigenvalue weighted by molar-refractivity contribution is 7.12. The van der Waals surface area contributed by atoms with Gasteiger partial charge in [0.25, 0.3) is 11.8 Å². The van der Waals surface area contributed by atoms with E-state index in [9.17, 15) is 14.4 Å². The number of hydrogen-bond donors (Lipinski definition) is 2. The van der Waals surface area contributed by atoms with E-state index in [0.717, 1.165) is 0 Å². The van der Waals surface area contributed by atoms with E-state index in [1.54, 1.807) is 43.5 Å². The van der Waals surface area contributed by atoms with Gasteiger partial charge in [-0.15, -0.1) is 11.3 Å². The van der Waals surface area contributed by atoms with Crippen molar-refractivity contribution >= 4 is 46.4 Å². The molecule has 0 aliphatic heterocycles. The predicted octanol–water partition coefficient (Wildman–Crippen LogP) is 3.12. The van der Waals surface area contributed by atoms with Crippen LogP contribution in [0, 0.1) is 5.92 Å². The molecular weight excluding hydrogens is 390 g/mol. The van der Waals surface area contributed by atoms with Crippen LogP contribution >= 0.6 is 22.9 Å². The predicted molar refractivity (Wildman–Crippen MR) is 104 cm³/mol. The van der Waals surface area contributed by atoms with Gasteiger partial charge in [-0.25, -0.2) is 9.78 Å². The Kier molecular flexibility index (Phi) is 7.32. The van der Waals surface area contributed by atoms with Crippen LogP contribution in [-0.4, -0.2) is 34.9 Å². The van der Waals surface area contributed by atoms with Crippen molar-refractivity contribution in [2.24, 2.45) is 5.92 Å². The fraction of sp³-hybridized carbons (Fsp3) is 0.333. The molecule has 0 fully saturated rings. The number of thiophene rings is 1. The topological polar surface area (TPSA) is 97.4 Å². The molecule has 0 saturated heterocycles. The zero-order chi connectivity index (χ0) is 20.0. The Morgan fingerprint density at radius 2 is 1.93 bits per heavy atom. The van der Waals surface area contributed by atoms with Crippen molar-refractivity contribution in [1.82, 2.24) is 10.3 Å². The smallest absolute Gasteiger partial charge is 0.329 e. The first kappa shape index (κ1) is 20.9. The van der Waals surface area contributed by atoms with Crippen molar-refractivity contribution in [3.8, 4) is 0 Å². The summed E-state index contributed by atoms with van der Waals surface area (Å²) < 4.78 is 5.24. The zero-order valence-corrected chi connectivity index (χ0v) is 16.6. The lowest BCUT2D eigenvalue weighted by molar-refractivity contribution is -0.156. The van der Waals surface area contributed by atoms with E-state index in [1.165, 1.54) is 24.5 Å². The first-order valence-electron chi connectivity index (χ1n) is 8.25. The summed E-state index contributed by atoms with van der Waals surface area (Å²) in [5, 5.41) is 7.11. The number of ether oxygens (including phenoxy) is 1. The van der Waals surface area contributed by atoms with E-state index < -0.39 is 24.0 Å². The van der Waals surface area contributed by atoms with Crippen molar-refractivity contribution in [2.75, 3.05) is 5.32 Å². The molecular formula is C18H20ClN3O4S. The average Bonchev–Trinajstić information content (AvgIpc) is 3.15. The number of amides is 2. The van der Waals surface area contributed by atoms with Crippen LogP contribution in [0.2, 0.25) is 5.15 Å². The maximum atomic E-state index is 12.5. The average molecular weight is 410 g/mol. The molecule has 0 aromatic carbocycles. The van der Waals surface area contributed by atoms with Gasteiger partial charge in [0.15, 0.2) is 11.3 Å². The lowest BCUT2D eigenvalue weighted by atomic mass is 10.0. The molecule has 2 rings (SSSR count). The van der Waals surface area contributed by atoms with E-state index in [1.807, 2.05) is 0 Å². The summed E-state index contributed by atoms with van der Waals surface area (Å²) in [5.74, 6) is -1.82. The second-order valence-electron chi connectivity index (χ2n) is 6.08. The lowest BCUT2D eigenvalue weighted by Crippen LogP contribution is -2.47. The van der Waals surface area contributed by atoms with Crippen molar-refractivity contribution < 1.29 is 19.1 Å². The summed E-state index contributed by atoms with van der Waals surface area (Å²) in [4.78, 5) is 41.3. The van der Waals surface area contributed by atoms with Crippen LogP contribution < -0.4 is 10.6 Å². The molecule has 2 aromatic rings. The standard InChI is InChI=1S/C18H20ClN3O4S/c1-10(2)14(22-17(24)13-7-5-9-27-13)18(25)26-11(3)16(23)21-12-6-4-8-20-15(12)19/h4-11,14H,1-3H3,(H,21,23)(H,22,24)/t11-,14-/m0/s1. The van der Waals surface area contributed by atoms with Gasteiger partial charge < -0.3 is 15.4 Å². The van der Waals surface area contributed by atoms with Crippen LogP contribution in [0.4, 0.5) is 5.69 Å². The molecule has 0 aliphatic rings. The monoisotopic (exact) mass is 409 g/mol. The molecule has 2 amide bonds. The van der Waals surface area contributed by atoms with Gasteiger partial charge in [0, 0.05) is 6.20 Å². The number of halogens is 1. The zero-order valence-electron chi connectivity index (χ0n) is 15.1. The molecule has 27 heavy (non-hydrogen) atoms. The van der Waals surface area contributed by atoms with Gasteiger partial charge >= 0.3 is 5.97 Å². The van der Waals surface area contributed by atoms with Gasteiger partial charge in [-0.1, -0.05) is 31.5 Å². The van der Waals surface area contributed by atoms with E-state index in [0.29, 0.717) is 10.6 Å². The number of anilines is 1. The van der Waals surface area contributed by atoms with E-state index in [-0.39, 0.29) is 17.0 Å². The minimum Gasteiger partial charge on any atom is -0.451 e. The second kappa shape index (κ2) is 9.48. The van der Waals surface area contributed by atoms with Crippen LogP contribution in [0.1, 0.15) is 30.4 Å². The summed E-state index contributed by atoms with van der Waals surface area (Å²) in [6.07, 6.45) is 0.416. The normalized spacial score (nSPS) is 12.9. The first-order chi connectivity index (χ1) is 12.8. The number of nitrogens with zero attached hydrogens (tertiary/aromatic N) is 1. The molecule has 0 bridgehead atoms. The van der Waals surface area contributed by atoms with Gasteiger partial charge in [-0.05, 0) is 36.4 Å². The van der Waals surface area contributed by atoms with Crippen LogP contribution in [0.25, 0.3) is 0 Å². The molecule has 9 heteroatoms. The quantitative estimate of drug-likeness (QED) is 0.541. The van der Waals surface area contributed by atoms with Gasteiger partial charge in [0.2, 0.25) is 0 Å². The van der Waals surface area contributed by atoms with E-state index in [4.69, 9.17) is 16.3 Å². The molecule has 0 unspecified atom stereocenters. The van der Waals surface area contributed by atoms with Crippen molar-refractivity contribution in [3.05, 3.63) is 45.9 Å². The Balaban J connectivity index is 1.98. The van der Waals surface area contributed by atoms with E-state index in [2.05, 4.69) is 15.6 Å². The van der Waals surface area contributed by atoms with Gasteiger partial charge in [-0.2, -0.15) is 0 Å². The Labute approximate surface area is 166 Å². The molecule has 2 N–H and O–H groups in total. The Hall–Kier alpha value is -2.45. The molecule has 0 saturated carbocycles. The summed E-state index contributed by atoms with van der Waals surface area (Å²) in [5.41, 5.74) is 0.318. The van der Waals surface area contributed by atoms with Crippen molar-refractivity contribution in [2.45, 2.75) is 32.9 Å². The molecule has 2 heterocycles. The van der Waals surface area contributed by atoms with E-state index >= 15 is 0 Å². The van der Waals surface area contributed by atoms with Crippen LogP contribution in [0.5, 0.6) is 0 Å². The molecule has 2 aromatic heterocycles. The highest BCUT2D eigenvalue weighted by Gasteiger charge is 2.29. The third-order valence-electron chi connectivity index (χ3n) is 3.63. The minimum absolute atomic E-state index is 0.132. The van der Waals surface area contributed by atoms with Gasteiger partial charge in [0.1, 0.15) is 6.04 Å². The molecule has 2 atom stereocenters. The number of hydrogen-bond acceptors (Lipinski definition) is 6. The third-order valence-corrected chi connectivity index (χ3v) is 4.80. The number of rotatable bonds is 7. The Morgan fingerprint density at radius 1 is 1.19 bits per heavy atom. The maximum Gasteiger partial charge on any atom is 0.329 e. The SMILES string of the molecule is CC(C)[C@H](NC(=O)c1cccs1)C(=O)O[C@@H](C)C(=O)Nc1cccnc1Cl. The molecule has 144 valence electrons. The molecule has 0 aliphatic carbocycles. The summed E-state index contributed by atoms with van der Waals surface area (Å²) in [6.45, 7) is 5.00. The number of carbonyl (C=O) groups is 3. The molecule has 0 radical (unpaired) electrons. The molecule has 0 spiro atoms.